The van der Waals surface area contributed by atoms with Crippen molar-refractivity contribution in [2.75, 3.05) is 49.6 Å². The van der Waals surface area contributed by atoms with Crippen molar-refractivity contribution in [3.05, 3.63) is 81.6 Å². The van der Waals surface area contributed by atoms with Crippen molar-refractivity contribution in [2.45, 2.75) is 26.3 Å². The number of benzene rings is 2. The number of aryl methyl sites for hydroxylation is 1. The number of hydrogen-bond donors (Lipinski definition) is 1. The lowest BCUT2D eigenvalue weighted by Crippen LogP contribution is -2.44. The van der Waals surface area contributed by atoms with Crippen molar-refractivity contribution in [1.82, 2.24) is 4.90 Å². The summed E-state index contributed by atoms with van der Waals surface area (Å²) in [6.07, 6.45) is 0.891. The summed E-state index contributed by atoms with van der Waals surface area (Å²) in [4.78, 5) is 33.8. The van der Waals surface area contributed by atoms with Gasteiger partial charge >= 0.3 is 0 Å². The van der Waals surface area contributed by atoms with Gasteiger partial charge in [-0.3, -0.25) is 14.5 Å². The first-order valence-corrected chi connectivity index (χ1v) is 13.9. The van der Waals surface area contributed by atoms with E-state index in [0.717, 1.165) is 54.5 Å². The van der Waals surface area contributed by atoms with E-state index < -0.39 is 17.7 Å². The number of carbonyl (C=O) groups excluding carboxylic acids is 2. The zero-order valence-corrected chi connectivity index (χ0v) is 22.8. The van der Waals surface area contributed by atoms with Crippen molar-refractivity contribution in [3.63, 3.8) is 0 Å². The van der Waals surface area contributed by atoms with Gasteiger partial charge < -0.3 is 19.6 Å². The Bertz CT molecular complexity index is 1340. The molecule has 1 amide bonds. The normalized spacial score (nSPS) is 19.8. The fourth-order valence-corrected chi connectivity index (χ4v) is 5.85. The molecule has 2 aliphatic rings. The van der Waals surface area contributed by atoms with Crippen LogP contribution in [0.1, 0.15) is 35.4 Å². The summed E-state index contributed by atoms with van der Waals surface area (Å²) < 4.78 is 5.77. The van der Waals surface area contributed by atoms with E-state index >= 15 is 0 Å². The number of aliphatic hydroxyl groups excluding tert-OH is 1. The zero-order valence-electron chi connectivity index (χ0n) is 22.0. The van der Waals surface area contributed by atoms with Gasteiger partial charge in [0.15, 0.2) is 0 Å². The summed E-state index contributed by atoms with van der Waals surface area (Å²) in [7, 11) is 2.12. The van der Waals surface area contributed by atoms with Crippen LogP contribution >= 0.6 is 11.3 Å². The predicted octanol–water partition coefficient (Wildman–Crippen LogP) is 5.22. The molecule has 1 N–H and O–H groups in total. The standard InChI is InChI=1S/C30H33N3O4S/c1-4-17-37-24-12-7-21(19-20(24)2)28(34)26-27(25-6-5-18-38-25)33(30(36)29(26)35)23-10-8-22(9-11-23)32-15-13-31(3)14-16-32/h5-12,18-19,27,34H,4,13-17H2,1-3H3/b28-26-. The maximum absolute atomic E-state index is 13.4. The molecule has 5 rings (SSSR count). The molecule has 2 aromatic carbocycles. The number of nitrogens with zero attached hydrogens (tertiary/aromatic N) is 3. The third kappa shape index (κ3) is 4.93. The Morgan fingerprint density at radius 2 is 1.74 bits per heavy atom. The van der Waals surface area contributed by atoms with Crippen molar-refractivity contribution < 1.29 is 19.4 Å². The van der Waals surface area contributed by atoms with E-state index in [-0.39, 0.29) is 11.3 Å². The molecule has 1 aromatic heterocycles. The minimum Gasteiger partial charge on any atom is -0.507 e. The number of carbonyl (C=O) groups is 2. The number of rotatable bonds is 7. The van der Waals surface area contributed by atoms with Gasteiger partial charge in [-0.25, -0.2) is 0 Å². The molecule has 3 aromatic rings. The number of aliphatic hydroxyl groups is 1. The van der Waals surface area contributed by atoms with Crippen LogP contribution in [0.2, 0.25) is 0 Å². The SMILES string of the molecule is CCCOc1ccc(/C(O)=C2/C(=O)C(=O)N(c3ccc(N4CCN(C)CC4)cc3)C2c2cccs2)cc1C. The summed E-state index contributed by atoms with van der Waals surface area (Å²) in [5, 5.41) is 13.3. The number of piperazine rings is 1. The molecule has 0 saturated carbocycles. The number of anilines is 2. The fraction of sp³-hybridized carbons (Fsp3) is 0.333. The molecule has 0 aliphatic carbocycles. The van der Waals surface area contributed by atoms with Crippen LogP contribution in [0.15, 0.2) is 65.6 Å². The maximum atomic E-state index is 13.4. The topological polar surface area (TPSA) is 73.3 Å². The molecule has 0 spiro atoms. The van der Waals surface area contributed by atoms with E-state index in [9.17, 15) is 14.7 Å². The van der Waals surface area contributed by atoms with Crippen LogP contribution in [0.25, 0.3) is 5.76 Å². The van der Waals surface area contributed by atoms with Crippen LogP contribution in [-0.2, 0) is 9.59 Å². The Morgan fingerprint density at radius 3 is 2.37 bits per heavy atom. The highest BCUT2D eigenvalue weighted by Gasteiger charge is 2.47. The first-order chi connectivity index (χ1) is 18.4. The maximum Gasteiger partial charge on any atom is 0.300 e. The lowest BCUT2D eigenvalue weighted by molar-refractivity contribution is -0.132. The van der Waals surface area contributed by atoms with Gasteiger partial charge in [-0.1, -0.05) is 13.0 Å². The minimum absolute atomic E-state index is 0.0993. The molecule has 7 nitrogen and oxygen atoms in total. The highest BCUT2D eigenvalue weighted by molar-refractivity contribution is 7.10. The van der Waals surface area contributed by atoms with Crippen LogP contribution in [0.4, 0.5) is 11.4 Å². The minimum atomic E-state index is -0.708. The Hall–Kier alpha value is -3.62. The molecular formula is C30H33N3O4S. The Labute approximate surface area is 227 Å². The monoisotopic (exact) mass is 531 g/mol. The second-order valence-corrected chi connectivity index (χ2v) is 10.8. The third-order valence-corrected chi connectivity index (χ3v) is 8.09. The van der Waals surface area contributed by atoms with Crippen molar-refractivity contribution >= 4 is 40.2 Å². The summed E-state index contributed by atoms with van der Waals surface area (Å²) in [5.74, 6) is -0.771. The van der Waals surface area contributed by atoms with Crippen LogP contribution in [0, 0.1) is 6.92 Å². The Morgan fingerprint density at radius 1 is 1.03 bits per heavy atom. The lowest BCUT2D eigenvalue weighted by atomic mass is 9.98. The van der Waals surface area contributed by atoms with E-state index in [1.165, 1.54) is 16.2 Å². The van der Waals surface area contributed by atoms with Crippen LogP contribution in [0.5, 0.6) is 5.75 Å². The van der Waals surface area contributed by atoms with E-state index in [1.807, 2.05) is 55.6 Å². The van der Waals surface area contributed by atoms with Crippen molar-refractivity contribution in [3.8, 4) is 5.75 Å². The lowest BCUT2D eigenvalue weighted by Gasteiger charge is -2.34. The van der Waals surface area contributed by atoms with Crippen molar-refractivity contribution in [2.24, 2.45) is 0 Å². The van der Waals surface area contributed by atoms with E-state index in [4.69, 9.17) is 4.74 Å². The largest absolute Gasteiger partial charge is 0.507 e. The van der Waals surface area contributed by atoms with Gasteiger partial charge in [0.1, 0.15) is 17.6 Å². The molecule has 0 radical (unpaired) electrons. The third-order valence-electron chi connectivity index (χ3n) is 7.16. The Kier molecular flexibility index (Phi) is 7.53. The van der Waals surface area contributed by atoms with Gasteiger partial charge in [-0.15, -0.1) is 11.3 Å². The quantitative estimate of drug-likeness (QED) is 0.256. The van der Waals surface area contributed by atoms with Gasteiger partial charge in [0.05, 0.1) is 12.2 Å². The zero-order chi connectivity index (χ0) is 26.8. The molecule has 0 bridgehead atoms. The summed E-state index contributed by atoms with van der Waals surface area (Å²) >= 11 is 1.46. The van der Waals surface area contributed by atoms with E-state index in [1.54, 1.807) is 18.2 Å². The second kappa shape index (κ2) is 11.0. The molecule has 1 atom stereocenters. The molecule has 38 heavy (non-hydrogen) atoms. The average Bonchev–Trinajstić information content (AvgIpc) is 3.55. The number of Topliss-reactive ketones (excluding diaryl/α,β-unsaturated/α-hetero) is 1. The molecule has 2 saturated heterocycles. The molecule has 8 heteroatoms. The van der Waals surface area contributed by atoms with Gasteiger partial charge in [-0.05, 0) is 79.9 Å². The molecule has 198 valence electrons. The summed E-state index contributed by atoms with van der Waals surface area (Å²) in [5.41, 5.74) is 3.15. The number of amides is 1. The fourth-order valence-electron chi connectivity index (χ4n) is 5.03. The summed E-state index contributed by atoms with van der Waals surface area (Å²) in [6.45, 7) is 8.43. The molecule has 2 fully saturated rings. The van der Waals surface area contributed by atoms with Gasteiger partial charge in [0.2, 0.25) is 0 Å². The Balaban J connectivity index is 1.51. The first kappa shape index (κ1) is 26.0. The number of ether oxygens (including phenoxy) is 1. The predicted molar refractivity (Wildman–Crippen MR) is 152 cm³/mol. The summed E-state index contributed by atoms with van der Waals surface area (Å²) in [6, 6.07) is 16.2. The number of ketones is 1. The molecule has 3 heterocycles. The van der Waals surface area contributed by atoms with Crippen LogP contribution in [0.3, 0.4) is 0 Å². The first-order valence-electron chi connectivity index (χ1n) is 13.0. The van der Waals surface area contributed by atoms with Gasteiger partial charge in [0.25, 0.3) is 11.7 Å². The van der Waals surface area contributed by atoms with E-state index in [0.29, 0.717) is 17.9 Å². The number of thiophene rings is 1. The van der Waals surface area contributed by atoms with Crippen molar-refractivity contribution in [1.29, 1.82) is 0 Å². The van der Waals surface area contributed by atoms with Crippen LogP contribution < -0.4 is 14.5 Å². The smallest absolute Gasteiger partial charge is 0.300 e. The second-order valence-electron chi connectivity index (χ2n) is 9.82. The average molecular weight is 532 g/mol. The molecular weight excluding hydrogens is 498 g/mol. The van der Waals surface area contributed by atoms with Gasteiger partial charge in [-0.2, -0.15) is 0 Å². The highest BCUT2D eigenvalue weighted by Crippen LogP contribution is 2.44. The number of hydrogen-bond acceptors (Lipinski definition) is 7. The highest BCUT2D eigenvalue weighted by atomic mass is 32.1. The van der Waals surface area contributed by atoms with Gasteiger partial charge in [0, 0.05) is 48.0 Å². The molecule has 1 unspecified atom stereocenters. The molecule has 2 aliphatic heterocycles. The number of likely N-dealkylation sites (N-methyl/N-ethyl adjacent to an activating group) is 1. The van der Waals surface area contributed by atoms with Crippen LogP contribution in [-0.4, -0.2) is 61.5 Å². The van der Waals surface area contributed by atoms with E-state index in [2.05, 4.69) is 16.8 Å².